The number of nitrogens with one attached hydrogen (secondary N) is 1. The third kappa shape index (κ3) is 31.6. The summed E-state index contributed by atoms with van der Waals surface area (Å²) in [4.78, 5) is 25.1. The van der Waals surface area contributed by atoms with Gasteiger partial charge in [-0.2, -0.15) is 0 Å². The van der Waals surface area contributed by atoms with E-state index in [4.69, 9.17) is 9.05 Å². The van der Waals surface area contributed by atoms with E-state index in [1.165, 1.54) is 96.3 Å². The molecule has 0 spiro atoms. The summed E-state index contributed by atoms with van der Waals surface area (Å²) in [5.41, 5.74) is 0. The van der Waals surface area contributed by atoms with Crippen LogP contribution in [0, 0.1) is 0 Å². The van der Waals surface area contributed by atoms with E-state index in [2.05, 4.69) is 31.3 Å². The van der Waals surface area contributed by atoms with Crippen molar-refractivity contribution >= 4 is 13.7 Å². The first-order valence-electron chi connectivity index (χ1n) is 18.7. The maximum atomic E-state index is 12.7. The van der Waals surface area contributed by atoms with Crippen molar-refractivity contribution in [1.29, 1.82) is 0 Å². The zero-order valence-corrected chi connectivity index (χ0v) is 31.4. The molecule has 0 aliphatic heterocycles. The summed E-state index contributed by atoms with van der Waals surface area (Å²) in [6, 6.07) is -0.895. The number of unbranched alkanes of at least 4 members (excludes halogenated alkanes) is 18. The van der Waals surface area contributed by atoms with Crippen molar-refractivity contribution in [2.75, 3.05) is 40.9 Å². The standard InChI is InChI=1S/C37H73N2O6P/c1-6-8-10-12-14-16-18-19-21-22-24-26-28-30-36(40)35(34-45-46(42,43)44-33-32-39(3,4)5)38-37(41)31-29-27-25-23-20-17-15-13-11-9-7-2/h21-22,28,30,35-36,40H,6-20,23-27,29,31-34H2,1-5H3,(H-,38,41,42,43)/b22-21+,30-28+/t35-,36+/m0/s1. The molecule has 9 heteroatoms. The van der Waals surface area contributed by atoms with Gasteiger partial charge in [0.1, 0.15) is 13.2 Å². The van der Waals surface area contributed by atoms with Gasteiger partial charge in [0.2, 0.25) is 5.91 Å². The van der Waals surface area contributed by atoms with Crippen LogP contribution in [-0.4, -0.2) is 68.5 Å². The molecule has 2 N–H and O–H groups in total. The van der Waals surface area contributed by atoms with Gasteiger partial charge in [0.05, 0.1) is 39.9 Å². The van der Waals surface area contributed by atoms with Crippen LogP contribution in [0.15, 0.2) is 24.3 Å². The Kier molecular flexibility index (Phi) is 29.4. The van der Waals surface area contributed by atoms with Crippen LogP contribution < -0.4 is 10.2 Å². The van der Waals surface area contributed by atoms with Gasteiger partial charge in [0, 0.05) is 6.42 Å². The molecule has 0 rings (SSSR count). The van der Waals surface area contributed by atoms with Crippen LogP contribution in [0.25, 0.3) is 0 Å². The second kappa shape index (κ2) is 30.1. The normalized spacial score (nSPS) is 15.0. The van der Waals surface area contributed by atoms with Crippen LogP contribution in [-0.2, 0) is 18.4 Å². The molecular weight excluding hydrogens is 599 g/mol. The number of hydrogen-bond acceptors (Lipinski definition) is 6. The number of phosphoric ester groups is 1. The number of allylic oxidation sites excluding steroid dienone is 3. The predicted octanol–water partition coefficient (Wildman–Crippen LogP) is 8.77. The van der Waals surface area contributed by atoms with Crippen LogP contribution in [0.1, 0.15) is 155 Å². The summed E-state index contributed by atoms with van der Waals surface area (Å²) >= 11 is 0. The molecule has 0 bridgehead atoms. The Morgan fingerprint density at radius 3 is 1.76 bits per heavy atom. The lowest BCUT2D eigenvalue weighted by Crippen LogP contribution is -2.45. The lowest BCUT2D eigenvalue weighted by Gasteiger charge is -2.29. The zero-order valence-electron chi connectivity index (χ0n) is 30.5. The van der Waals surface area contributed by atoms with Gasteiger partial charge in [-0.05, 0) is 32.1 Å². The van der Waals surface area contributed by atoms with Crippen molar-refractivity contribution in [2.24, 2.45) is 0 Å². The minimum Gasteiger partial charge on any atom is -0.756 e. The summed E-state index contributed by atoms with van der Waals surface area (Å²) in [5, 5.41) is 13.6. The Morgan fingerprint density at radius 2 is 1.22 bits per heavy atom. The van der Waals surface area contributed by atoms with Gasteiger partial charge in [0.15, 0.2) is 0 Å². The summed E-state index contributed by atoms with van der Waals surface area (Å²) in [5.74, 6) is -0.211. The lowest BCUT2D eigenvalue weighted by molar-refractivity contribution is -0.870. The molecule has 3 atom stereocenters. The van der Waals surface area contributed by atoms with Gasteiger partial charge < -0.3 is 28.8 Å². The van der Waals surface area contributed by atoms with Gasteiger partial charge in [-0.15, -0.1) is 0 Å². The van der Waals surface area contributed by atoms with E-state index in [-0.39, 0.29) is 19.1 Å². The Hall–Kier alpha value is -1.02. The van der Waals surface area contributed by atoms with E-state index in [1.54, 1.807) is 6.08 Å². The molecule has 0 saturated carbocycles. The van der Waals surface area contributed by atoms with Crippen molar-refractivity contribution in [3.8, 4) is 0 Å². The van der Waals surface area contributed by atoms with Gasteiger partial charge in [0.25, 0.3) is 7.82 Å². The molecule has 0 aromatic rings. The molecule has 0 heterocycles. The number of phosphoric acid groups is 1. The lowest BCUT2D eigenvalue weighted by atomic mass is 10.0. The highest BCUT2D eigenvalue weighted by Gasteiger charge is 2.23. The first-order chi connectivity index (χ1) is 22.0. The van der Waals surface area contributed by atoms with Crippen LogP contribution in [0.3, 0.4) is 0 Å². The van der Waals surface area contributed by atoms with Crippen molar-refractivity contribution in [2.45, 2.75) is 167 Å². The van der Waals surface area contributed by atoms with Crippen molar-refractivity contribution in [3.05, 3.63) is 24.3 Å². The van der Waals surface area contributed by atoms with Gasteiger partial charge in [-0.1, -0.05) is 141 Å². The summed E-state index contributed by atoms with van der Waals surface area (Å²) in [7, 11) is 1.24. The average Bonchev–Trinajstić information content (AvgIpc) is 2.99. The van der Waals surface area contributed by atoms with E-state index >= 15 is 0 Å². The molecule has 1 amide bonds. The van der Waals surface area contributed by atoms with Gasteiger partial charge in [-0.3, -0.25) is 9.36 Å². The molecule has 0 fully saturated rings. The number of nitrogens with zero attached hydrogens (tertiary/aromatic N) is 1. The Labute approximate surface area is 284 Å². The number of amides is 1. The van der Waals surface area contributed by atoms with E-state index in [0.29, 0.717) is 17.4 Å². The molecule has 0 aromatic carbocycles. The zero-order chi connectivity index (χ0) is 34.4. The molecular formula is C37H73N2O6P. The summed E-state index contributed by atoms with van der Waals surface area (Å²) in [6.07, 6.45) is 32.2. The fraction of sp³-hybridized carbons (Fsp3) is 0.865. The Bertz CT molecular complexity index is 814. The quantitative estimate of drug-likeness (QED) is 0.0312. The highest BCUT2D eigenvalue weighted by atomic mass is 31.2. The largest absolute Gasteiger partial charge is 0.756 e. The number of aliphatic hydroxyl groups is 1. The number of rotatable bonds is 33. The molecule has 0 radical (unpaired) electrons. The van der Waals surface area contributed by atoms with Crippen LogP contribution >= 0.6 is 7.82 Å². The third-order valence-corrected chi connectivity index (χ3v) is 9.13. The molecule has 0 aromatic heterocycles. The molecule has 8 nitrogen and oxygen atoms in total. The Morgan fingerprint density at radius 1 is 0.739 bits per heavy atom. The van der Waals surface area contributed by atoms with Crippen molar-refractivity contribution in [1.82, 2.24) is 5.32 Å². The van der Waals surface area contributed by atoms with E-state index in [0.717, 1.165) is 38.5 Å². The molecule has 1 unspecified atom stereocenters. The smallest absolute Gasteiger partial charge is 0.268 e. The second-order valence-electron chi connectivity index (χ2n) is 13.9. The molecule has 46 heavy (non-hydrogen) atoms. The van der Waals surface area contributed by atoms with Gasteiger partial charge in [-0.25, -0.2) is 0 Å². The summed E-state index contributed by atoms with van der Waals surface area (Å²) in [6.45, 7) is 4.58. The number of aliphatic hydroxyl groups excluding tert-OH is 1. The highest BCUT2D eigenvalue weighted by molar-refractivity contribution is 7.45. The maximum absolute atomic E-state index is 12.7. The fourth-order valence-corrected chi connectivity index (χ4v) is 5.83. The van der Waals surface area contributed by atoms with Crippen LogP contribution in [0.2, 0.25) is 0 Å². The predicted molar refractivity (Wildman–Crippen MR) is 192 cm³/mol. The minimum atomic E-state index is -4.58. The fourth-order valence-electron chi connectivity index (χ4n) is 5.11. The number of hydrogen-bond donors (Lipinski definition) is 2. The third-order valence-electron chi connectivity index (χ3n) is 8.16. The number of carbonyl (C=O) groups excluding carboxylic acids is 1. The molecule has 272 valence electrons. The van der Waals surface area contributed by atoms with Gasteiger partial charge >= 0.3 is 0 Å². The first kappa shape index (κ1) is 45.0. The number of quaternary nitrogens is 1. The average molecular weight is 673 g/mol. The topological polar surface area (TPSA) is 108 Å². The first-order valence-corrected chi connectivity index (χ1v) is 20.2. The number of likely N-dealkylation sites (N-methyl/N-ethyl adjacent to an activating group) is 1. The summed E-state index contributed by atoms with van der Waals surface area (Å²) < 4.78 is 23.0. The Balaban J connectivity index is 4.62. The second-order valence-corrected chi connectivity index (χ2v) is 15.3. The molecule has 0 aliphatic rings. The SMILES string of the molecule is CCCCCCCCC/C=C/CC/C=C/[C@@H](O)[C@H](COP(=O)([O-])OCC[N+](C)(C)C)NC(=O)CCCCCCCCCCCCC. The van der Waals surface area contributed by atoms with E-state index in [1.807, 2.05) is 27.2 Å². The van der Waals surface area contributed by atoms with Crippen LogP contribution in [0.4, 0.5) is 0 Å². The molecule has 0 saturated heterocycles. The van der Waals surface area contributed by atoms with Crippen molar-refractivity contribution < 1.29 is 32.9 Å². The van der Waals surface area contributed by atoms with E-state index < -0.39 is 20.0 Å². The maximum Gasteiger partial charge on any atom is 0.268 e. The highest BCUT2D eigenvalue weighted by Crippen LogP contribution is 2.38. The molecule has 0 aliphatic carbocycles. The monoisotopic (exact) mass is 673 g/mol. The number of carbonyl (C=O) groups is 1. The minimum absolute atomic E-state index is 0.00487. The van der Waals surface area contributed by atoms with Crippen molar-refractivity contribution in [3.63, 3.8) is 0 Å². The van der Waals surface area contributed by atoms with E-state index in [9.17, 15) is 19.4 Å². The van der Waals surface area contributed by atoms with Crippen LogP contribution in [0.5, 0.6) is 0 Å².